The van der Waals surface area contributed by atoms with E-state index < -0.39 is 8.32 Å². The van der Waals surface area contributed by atoms with Crippen LogP contribution in [0.25, 0.3) is 0 Å². The van der Waals surface area contributed by atoms with Crippen LogP contribution in [-0.4, -0.2) is 15.4 Å². The van der Waals surface area contributed by atoms with Gasteiger partial charge >= 0.3 is 0 Å². The lowest BCUT2D eigenvalue weighted by molar-refractivity contribution is 0.215. The second-order valence-corrected chi connectivity index (χ2v) is 11.0. The summed E-state index contributed by atoms with van der Waals surface area (Å²) < 4.78 is 12.0. The van der Waals surface area contributed by atoms with Crippen LogP contribution in [-0.2, 0) is 4.43 Å². The van der Waals surface area contributed by atoms with Crippen molar-refractivity contribution in [3.8, 4) is 5.75 Å². The summed E-state index contributed by atoms with van der Waals surface area (Å²) in [5.74, 6) is 1.28. The van der Waals surface area contributed by atoms with Crippen molar-refractivity contribution in [2.75, 3.05) is 7.11 Å². The summed E-state index contributed by atoms with van der Waals surface area (Å²) in [4.78, 5) is 0. The second kappa shape index (κ2) is 8.54. The van der Waals surface area contributed by atoms with Gasteiger partial charge in [-0.15, -0.1) is 0 Å². The summed E-state index contributed by atoms with van der Waals surface area (Å²) in [7, 11) is 0.00778. The molecule has 124 valence electrons. The Morgan fingerprint density at radius 3 is 1.91 bits per heavy atom. The van der Waals surface area contributed by atoms with Gasteiger partial charge in [-0.1, -0.05) is 53.3 Å². The zero-order valence-electron chi connectivity index (χ0n) is 15.1. The van der Waals surface area contributed by atoms with Crippen molar-refractivity contribution in [3.63, 3.8) is 0 Å². The Bertz CT molecular complexity index is 453. The van der Waals surface area contributed by atoms with Crippen LogP contribution < -0.4 is 4.74 Å². The number of hydrogen-bond donors (Lipinski definition) is 0. The van der Waals surface area contributed by atoms with E-state index >= 15 is 0 Å². The molecule has 3 heteroatoms. The first-order chi connectivity index (χ1) is 10.4. The van der Waals surface area contributed by atoms with E-state index in [2.05, 4.69) is 53.3 Å². The molecule has 1 unspecified atom stereocenters. The molecule has 1 atom stereocenters. The zero-order chi connectivity index (χ0) is 16.8. The Morgan fingerprint density at radius 1 is 1.05 bits per heavy atom. The Balaban J connectivity index is 3.14. The summed E-state index contributed by atoms with van der Waals surface area (Å²) in [6.07, 6.45) is -0.00239. The third-order valence-electron chi connectivity index (χ3n) is 4.80. The van der Waals surface area contributed by atoms with Crippen molar-refractivity contribution in [2.45, 2.75) is 58.9 Å². The predicted octanol–water partition coefficient (Wildman–Crippen LogP) is 5.97. The average Bonchev–Trinajstić information content (AvgIpc) is 2.56. The molecule has 1 aromatic rings. The molecule has 0 spiro atoms. The third kappa shape index (κ3) is 4.47. The van der Waals surface area contributed by atoms with Gasteiger partial charge in [0.25, 0.3) is 0 Å². The van der Waals surface area contributed by atoms with Crippen LogP contribution in [0.3, 0.4) is 0 Å². The van der Waals surface area contributed by atoms with E-state index in [4.69, 9.17) is 9.16 Å². The maximum atomic E-state index is 6.77. The summed E-state index contributed by atoms with van der Waals surface area (Å²) in [6.45, 7) is 15.5. The Hall–Kier alpha value is -1.06. The minimum absolute atomic E-state index is 0.00239. The van der Waals surface area contributed by atoms with Gasteiger partial charge in [0.1, 0.15) is 5.75 Å². The molecule has 0 aromatic heterocycles. The van der Waals surface area contributed by atoms with E-state index in [-0.39, 0.29) is 6.10 Å². The average molecular weight is 321 g/mol. The largest absolute Gasteiger partial charge is 0.497 e. The molecule has 0 heterocycles. The van der Waals surface area contributed by atoms with Gasteiger partial charge in [0.05, 0.1) is 13.2 Å². The van der Waals surface area contributed by atoms with Crippen molar-refractivity contribution in [3.05, 3.63) is 42.0 Å². The van der Waals surface area contributed by atoms with Crippen LogP contribution in [0.15, 0.2) is 36.4 Å². The third-order valence-corrected chi connectivity index (χ3v) is 9.40. The van der Waals surface area contributed by atoms with Crippen molar-refractivity contribution in [1.82, 2.24) is 0 Å². The normalized spacial score (nSPS) is 13.2. The van der Waals surface area contributed by atoms with Crippen molar-refractivity contribution >= 4 is 8.32 Å². The Kier molecular flexibility index (Phi) is 7.37. The van der Waals surface area contributed by atoms with E-state index in [1.54, 1.807) is 7.11 Å². The molecule has 0 N–H and O–H groups in total. The Morgan fingerprint density at radius 2 is 1.55 bits per heavy atom. The standard InChI is InChI=1S/C19H32O2Si/c1-8-22(9-2,10-3)21-19(16(6)15(4)5)17-11-13-18(20-7)14-12-17/h11-15,19H,6,8-10H2,1-5,7H3. The number of rotatable bonds is 9. The molecule has 22 heavy (non-hydrogen) atoms. The number of ether oxygens (including phenoxy) is 1. The van der Waals surface area contributed by atoms with Gasteiger partial charge in [0, 0.05) is 0 Å². The van der Waals surface area contributed by atoms with Gasteiger partial charge < -0.3 is 9.16 Å². The van der Waals surface area contributed by atoms with Crippen LogP contribution in [0.5, 0.6) is 5.75 Å². The van der Waals surface area contributed by atoms with Gasteiger partial charge in [-0.25, -0.2) is 0 Å². The molecule has 0 radical (unpaired) electrons. The van der Waals surface area contributed by atoms with E-state index in [0.29, 0.717) is 5.92 Å². The molecule has 1 rings (SSSR count). The van der Waals surface area contributed by atoms with Gasteiger partial charge in [0.2, 0.25) is 0 Å². The molecule has 0 saturated heterocycles. The maximum absolute atomic E-state index is 6.77. The lowest BCUT2D eigenvalue weighted by atomic mass is 9.94. The zero-order valence-corrected chi connectivity index (χ0v) is 16.1. The van der Waals surface area contributed by atoms with Crippen LogP contribution in [0.4, 0.5) is 0 Å². The molecule has 0 aliphatic rings. The molecule has 0 fully saturated rings. The van der Waals surface area contributed by atoms with Crippen LogP contribution >= 0.6 is 0 Å². The summed E-state index contributed by atoms with van der Waals surface area (Å²) >= 11 is 0. The lowest BCUT2D eigenvalue weighted by Crippen LogP contribution is -2.38. The highest BCUT2D eigenvalue weighted by Crippen LogP contribution is 2.36. The predicted molar refractivity (Wildman–Crippen MR) is 98.0 cm³/mol. The quantitative estimate of drug-likeness (QED) is 0.412. The smallest absolute Gasteiger partial charge is 0.193 e. The summed E-state index contributed by atoms with van der Waals surface area (Å²) in [5.41, 5.74) is 2.35. The lowest BCUT2D eigenvalue weighted by Gasteiger charge is -2.35. The molecular formula is C19H32O2Si. The minimum Gasteiger partial charge on any atom is -0.497 e. The SMILES string of the molecule is C=C(C(C)C)C(O[Si](CC)(CC)CC)c1ccc(OC)cc1. The van der Waals surface area contributed by atoms with Gasteiger partial charge in [-0.3, -0.25) is 0 Å². The van der Waals surface area contributed by atoms with E-state index in [1.165, 1.54) is 5.56 Å². The highest BCUT2D eigenvalue weighted by molar-refractivity contribution is 6.73. The van der Waals surface area contributed by atoms with Gasteiger partial charge in [0.15, 0.2) is 8.32 Å². The number of methoxy groups -OCH3 is 1. The monoisotopic (exact) mass is 320 g/mol. The van der Waals surface area contributed by atoms with E-state index in [9.17, 15) is 0 Å². The molecule has 0 bridgehead atoms. The molecule has 0 aliphatic heterocycles. The van der Waals surface area contributed by atoms with Crippen molar-refractivity contribution < 1.29 is 9.16 Å². The molecule has 0 saturated carbocycles. The summed E-state index contributed by atoms with van der Waals surface area (Å²) in [5, 5.41) is 0. The highest BCUT2D eigenvalue weighted by Gasteiger charge is 2.34. The van der Waals surface area contributed by atoms with Crippen molar-refractivity contribution in [1.29, 1.82) is 0 Å². The number of benzene rings is 1. The fourth-order valence-electron chi connectivity index (χ4n) is 2.69. The Labute approximate surface area is 137 Å². The van der Waals surface area contributed by atoms with Crippen LogP contribution in [0, 0.1) is 5.92 Å². The van der Waals surface area contributed by atoms with Crippen molar-refractivity contribution in [2.24, 2.45) is 5.92 Å². The summed E-state index contributed by atoms with van der Waals surface area (Å²) in [6, 6.07) is 11.7. The first-order valence-corrected chi connectivity index (χ1v) is 11.0. The first kappa shape index (κ1) is 19.0. The van der Waals surface area contributed by atoms with E-state index in [0.717, 1.165) is 29.5 Å². The van der Waals surface area contributed by atoms with Gasteiger partial charge in [-0.2, -0.15) is 0 Å². The second-order valence-electron chi connectivity index (χ2n) is 6.24. The number of hydrogen-bond acceptors (Lipinski definition) is 2. The molecule has 0 aliphatic carbocycles. The molecule has 0 amide bonds. The maximum Gasteiger partial charge on any atom is 0.193 e. The minimum atomic E-state index is -1.69. The fraction of sp³-hybridized carbons (Fsp3) is 0.579. The first-order valence-electron chi connectivity index (χ1n) is 8.43. The molecule has 1 aromatic carbocycles. The molecular weight excluding hydrogens is 288 g/mol. The van der Waals surface area contributed by atoms with Crippen LogP contribution in [0.2, 0.25) is 18.1 Å². The fourth-order valence-corrected chi connectivity index (χ4v) is 5.48. The topological polar surface area (TPSA) is 18.5 Å². The molecule has 2 nitrogen and oxygen atoms in total. The van der Waals surface area contributed by atoms with E-state index in [1.807, 2.05) is 12.1 Å². The highest BCUT2D eigenvalue weighted by atomic mass is 28.4. The van der Waals surface area contributed by atoms with Gasteiger partial charge in [-0.05, 0) is 47.3 Å². The van der Waals surface area contributed by atoms with Crippen LogP contribution in [0.1, 0.15) is 46.3 Å².